The summed E-state index contributed by atoms with van der Waals surface area (Å²) in [5.41, 5.74) is 7.58. The molecule has 1 aromatic heterocycles. The van der Waals surface area contributed by atoms with Crippen LogP contribution in [-0.2, 0) is 6.42 Å². The van der Waals surface area contributed by atoms with E-state index in [0.29, 0.717) is 18.0 Å². The minimum Gasteiger partial charge on any atom is -0.494 e. The maximum Gasteiger partial charge on any atom is 0.336 e. The molecule has 3 aromatic carbocycles. The molecule has 0 amide bonds. The number of carboxylic acids is 1. The van der Waals surface area contributed by atoms with Crippen molar-refractivity contribution in [3.05, 3.63) is 102 Å². The fourth-order valence-corrected chi connectivity index (χ4v) is 5.92. The van der Waals surface area contributed by atoms with E-state index < -0.39 is 5.97 Å². The van der Waals surface area contributed by atoms with Gasteiger partial charge in [-0.1, -0.05) is 48.5 Å². The van der Waals surface area contributed by atoms with Gasteiger partial charge in [-0.2, -0.15) is 0 Å². The summed E-state index contributed by atoms with van der Waals surface area (Å²) in [4.78, 5) is 26.2. The summed E-state index contributed by atoms with van der Waals surface area (Å²) in [6.45, 7) is 9.30. The molecule has 6 rings (SSSR count). The second kappa shape index (κ2) is 13.8. The monoisotopic (exact) mass is 589 g/mol. The summed E-state index contributed by atoms with van der Waals surface area (Å²) in [6.07, 6.45) is 7.79. The number of benzene rings is 3. The standard InChI is InChI=1S/C36H39N5O3/c1-2-44-32-10-3-26(4-11-32)15-18-40-19-21-41(22-20-40)31-24-38-35(39-25-31)29-7-5-27(6-8-29)30-9-12-33(36(42)43)34(23-30)28-13-16-37-17-14-28/h3-13,23-25,37H,2,14-22H2,1H3,(H,42,43). The van der Waals surface area contributed by atoms with Gasteiger partial charge >= 0.3 is 5.97 Å². The Morgan fingerprint density at radius 3 is 2.27 bits per heavy atom. The summed E-state index contributed by atoms with van der Waals surface area (Å²) >= 11 is 0. The van der Waals surface area contributed by atoms with Crippen LogP contribution in [0.4, 0.5) is 5.69 Å². The van der Waals surface area contributed by atoms with Crippen LogP contribution in [0.15, 0.2) is 85.2 Å². The Labute approximate surface area is 259 Å². The van der Waals surface area contributed by atoms with Crippen molar-refractivity contribution >= 4 is 17.2 Å². The van der Waals surface area contributed by atoms with Crippen LogP contribution >= 0.6 is 0 Å². The second-order valence-corrected chi connectivity index (χ2v) is 11.2. The molecular weight excluding hydrogens is 550 g/mol. The largest absolute Gasteiger partial charge is 0.494 e. The van der Waals surface area contributed by atoms with Gasteiger partial charge in [0.1, 0.15) is 5.75 Å². The topological polar surface area (TPSA) is 90.8 Å². The number of rotatable bonds is 10. The fraction of sp³-hybridized carbons (Fsp3) is 0.306. The second-order valence-electron chi connectivity index (χ2n) is 11.2. The summed E-state index contributed by atoms with van der Waals surface area (Å²) in [5, 5.41) is 13.0. The van der Waals surface area contributed by atoms with Crippen LogP contribution in [0.5, 0.6) is 5.75 Å². The van der Waals surface area contributed by atoms with Gasteiger partial charge in [0.25, 0.3) is 0 Å². The first kappa shape index (κ1) is 29.5. The van der Waals surface area contributed by atoms with Gasteiger partial charge in [-0.3, -0.25) is 4.90 Å². The van der Waals surface area contributed by atoms with Crippen LogP contribution in [0.25, 0.3) is 28.1 Å². The average Bonchev–Trinajstić information content (AvgIpc) is 3.08. The molecule has 0 aliphatic carbocycles. The minimum atomic E-state index is -0.899. The Morgan fingerprint density at radius 2 is 1.61 bits per heavy atom. The van der Waals surface area contributed by atoms with Crippen molar-refractivity contribution in [3.63, 3.8) is 0 Å². The molecular formula is C36H39N5O3. The number of carboxylic acid groups (broad SMARTS) is 1. The number of ether oxygens (including phenoxy) is 1. The molecule has 2 aliphatic heterocycles. The molecule has 226 valence electrons. The van der Waals surface area contributed by atoms with Crippen molar-refractivity contribution in [3.8, 4) is 28.3 Å². The number of carbonyl (C=O) groups is 1. The lowest BCUT2D eigenvalue weighted by Gasteiger charge is -2.35. The zero-order chi connectivity index (χ0) is 30.3. The van der Waals surface area contributed by atoms with Crippen molar-refractivity contribution in [2.75, 3.05) is 57.3 Å². The minimum absolute atomic E-state index is 0.345. The van der Waals surface area contributed by atoms with Crippen LogP contribution in [0.3, 0.4) is 0 Å². The van der Waals surface area contributed by atoms with Gasteiger partial charge in [-0.05, 0) is 78.4 Å². The highest BCUT2D eigenvalue weighted by Crippen LogP contribution is 2.30. The Morgan fingerprint density at radius 1 is 0.909 bits per heavy atom. The van der Waals surface area contributed by atoms with Crippen molar-refractivity contribution in [1.29, 1.82) is 0 Å². The van der Waals surface area contributed by atoms with Gasteiger partial charge in [0.15, 0.2) is 5.82 Å². The smallest absolute Gasteiger partial charge is 0.336 e. The fourth-order valence-electron chi connectivity index (χ4n) is 5.92. The first-order valence-corrected chi connectivity index (χ1v) is 15.5. The molecule has 8 heteroatoms. The summed E-state index contributed by atoms with van der Waals surface area (Å²) in [7, 11) is 0. The molecule has 0 saturated carbocycles. The number of nitrogens with one attached hydrogen (secondary N) is 1. The number of aromatic nitrogens is 2. The Kier molecular flexibility index (Phi) is 9.29. The van der Waals surface area contributed by atoms with E-state index in [-0.39, 0.29) is 0 Å². The van der Waals surface area contributed by atoms with Crippen LogP contribution in [0.1, 0.15) is 34.8 Å². The number of nitrogens with zero attached hydrogens (tertiary/aromatic N) is 4. The predicted molar refractivity (Wildman–Crippen MR) is 175 cm³/mol. The maximum atomic E-state index is 11.9. The molecule has 2 aliphatic rings. The van der Waals surface area contributed by atoms with E-state index in [1.807, 2.05) is 43.6 Å². The van der Waals surface area contributed by atoms with Crippen molar-refractivity contribution in [2.45, 2.75) is 19.8 Å². The Hall–Kier alpha value is -4.53. The SMILES string of the molecule is CCOc1ccc(CCN2CCN(c3cnc(-c4ccc(-c5ccc(C(=O)O)c(C6=CCNCC6)c5)cc4)nc3)CC2)cc1. The van der Waals surface area contributed by atoms with Crippen molar-refractivity contribution < 1.29 is 14.6 Å². The van der Waals surface area contributed by atoms with Crippen molar-refractivity contribution in [1.82, 2.24) is 20.2 Å². The Balaban J connectivity index is 1.05. The molecule has 8 nitrogen and oxygen atoms in total. The average molecular weight is 590 g/mol. The number of piperazine rings is 1. The summed E-state index contributed by atoms with van der Waals surface area (Å²) in [6, 6.07) is 22.2. The molecule has 0 radical (unpaired) electrons. The van der Waals surface area contributed by atoms with Gasteiger partial charge in [0.05, 0.1) is 30.3 Å². The molecule has 3 heterocycles. The predicted octanol–water partition coefficient (Wildman–Crippen LogP) is 5.65. The van der Waals surface area contributed by atoms with E-state index in [1.54, 1.807) is 6.07 Å². The van der Waals surface area contributed by atoms with E-state index in [4.69, 9.17) is 14.7 Å². The normalized spacial score (nSPS) is 15.6. The molecule has 1 saturated heterocycles. The lowest BCUT2D eigenvalue weighted by Crippen LogP contribution is -2.47. The van der Waals surface area contributed by atoms with Crippen molar-refractivity contribution in [2.24, 2.45) is 0 Å². The van der Waals surface area contributed by atoms with Gasteiger partial charge < -0.3 is 20.1 Å². The quantitative estimate of drug-likeness (QED) is 0.245. The first-order valence-electron chi connectivity index (χ1n) is 15.5. The number of hydrogen-bond acceptors (Lipinski definition) is 7. The molecule has 0 atom stereocenters. The lowest BCUT2D eigenvalue weighted by molar-refractivity contribution is 0.0696. The van der Waals surface area contributed by atoms with Gasteiger partial charge in [-0.15, -0.1) is 0 Å². The lowest BCUT2D eigenvalue weighted by atomic mass is 9.91. The molecule has 1 fully saturated rings. The zero-order valence-corrected chi connectivity index (χ0v) is 25.2. The molecule has 4 aromatic rings. The summed E-state index contributed by atoms with van der Waals surface area (Å²) < 4.78 is 5.55. The number of hydrogen-bond donors (Lipinski definition) is 2. The first-order chi connectivity index (χ1) is 21.6. The van der Waals surface area contributed by atoms with Gasteiger partial charge in [-0.25, -0.2) is 14.8 Å². The van der Waals surface area contributed by atoms with E-state index in [1.165, 1.54) is 5.56 Å². The molecule has 0 unspecified atom stereocenters. The maximum absolute atomic E-state index is 11.9. The zero-order valence-electron chi connectivity index (χ0n) is 25.2. The van der Waals surface area contributed by atoms with E-state index in [2.05, 4.69) is 57.6 Å². The summed E-state index contributed by atoms with van der Waals surface area (Å²) in [5.74, 6) is 0.722. The van der Waals surface area contributed by atoms with Crippen LogP contribution in [-0.4, -0.2) is 78.4 Å². The highest BCUT2D eigenvalue weighted by atomic mass is 16.5. The van der Waals surface area contributed by atoms with E-state index >= 15 is 0 Å². The Bertz CT molecular complexity index is 1590. The molecule has 2 N–H and O–H groups in total. The molecule has 0 bridgehead atoms. The third-order valence-corrected chi connectivity index (χ3v) is 8.46. The highest BCUT2D eigenvalue weighted by molar-refractivity contribution is 5.95. The third kappa shape index (κ3) is 6.98. The highest BCUT2D eigenvalue weighted by Gasteiger charge is 2.19. The number of anilines is 1. The van der Waals surface area contributed by atoms with Gasteiger partial charge in [0.2, 0.25) is 0 Å². The van der Waals surface area contributed by atoms with Crippen LogP contribution in [0.2, 0.25) is 0 Å². The molecule has 44 heavy (non-hydrogen) atoms. The molecule has 0 spiro atoms. The van der Waals surface area contributed by atoms with Crippen LogP contribution in [0, 0.1) is 0 Å². The van der Waals surface area contributed by atoms with E-state index in [0.717, 1.165) is 97.9 Å². The third-order valence-electron chi connectivity index (χ3n) is 8.46. The number of aromatic carboxylic acids is 1. The van der Waals surface area contributed by atoms with E-state index in [9.17, 15) is 9.90 Å². The van der Waals surface area contributed by atoms with Gasteiger partial charge in [0, 0.05) is 44.8 Å². The van der Waals surface area contributed by atoms with Crippen LogP contribution < -0.4 is 15.0 Å².